The van der Waals surface area contributed by atoms with E-state index in [-0.39, 0.29) is 0 Å². The summed E-state index contributed by atoms with van der Waals surface area (Å²) in [5, 5.41) is 0. The van der Waals surface area contributed by atoms with Crippen molar-refractivity contribution < 1.29 is 9.15 Å². The van der Waals surface area contributed by atoms with Gasteiger partial charge in [-0.05, 0) is 13.0 Å². The minimum atomic E-state index is -0.471. The number of anilines is 2. The summed E-state index contributed by atoms with van der Waals surface area (Å²) in [5.41, 5.74) is 8.57. The highest BCUT2D eigenvalue weighted by molar-refractivity contribution is 5.85. The highest BCUT2D eigenvalue weighted by Gasteiger charge is 2.11. The number of nitrogen functional groups attached to an aromatic ring is 1. The van der Waals surface area contributed by atoms with Gasteiger partial charge in [0.05, 0.1) is 23.5 Å². The first-order valence-electron chi connectivity index (χ1n) is 5.82. The molecule has 2 rings (SSSR count). The molecule has 0 aliphatic carbocycles. The smallest absolute Gasteiger partial charge is 0.408 e. The van der Waals surface area contributed by atoms with Crippen molar-refractivity contribution in [3.63, 3.8) is 0 Å². The summed E-state index contributed by atoms with van der Waals surface area (Å²) in [6.07, 6.45) is 0. The second kappa shape index (κ2) is 5.14. The molecule has 0 radical (unpaired) electrons. The maximum absolute atomic E-state index is 11.1. The van der Waals surface area contributed by atoms with Crippen molar-refractivity contribution >= 4 is 22.5 Å². The monoisotopic (exact) mass is 251 g/mol. The van der Waals surface area contributed by atoms with E-state index >= 15 is 0 Å². The van der Waals surface area contributed by atoms with Crippen LogP contribution in [0.1, 0.15) is 6.92 Å². The van der Waals surface area contributed by atoms with Gasteiger partial charge < -0.3 is 19.8 Å². The van der Waals surface area contributed by atoms with E-state index in [1.165, 1.54) is 0 Å². The van der Waals surface area contributed by atoms with Crippen molar-refractivity contribution in [2.75, 3.05) is 37.4 Å². The minimum Gasteiger partial charge on any atom is -0.408 e. The molecule has 1 aromatic heterocycles. The number of rotatable bonds is 5. The number of likely N-dealkylation sites (N-methyl/N-ethyl adjacent to an activating group) is 1. The Morgan fingerprint density at radius 3 is 2.94 bits per heavy atom. The summed E-state index contributed by atoms with van der Waals surface area (Å²) in [5.74, 6) is -0.471. The number of nitrogens with zero attached hydrogens (tertiary/aromatic N) is 1. The van der Waals surface area contributed by atoms with Gasteiger partial charge in [-0.3, -0.25) is 4.98 Å². The Hall–Kier alpha value is -1.95. The highest BCUT2D eigenvalue weighted by Crippen LogP contribution is 2.27. The molecule has 0 saturated carbocycles. The van der Waals surface area contributed by atoms with Crippen molar-refractivity contribution in [2.24, 2.45) is 0 Å². The molecule has 6 heteroatoms. The molecule has 18 heavy (non-hydrogen) atoms. The Labute approximate surface area is 104 Å². The molecule has 0 amide bonds. The first kappa shape index (κ1) is 12.5. The number of oxazole rings is 1. The topological polar surface area (TPSA) is 84.5 Å². The van der Waals surface area contributed by atoms with Crippen LogP contribution in [0.3, 0.4) is 0 Å². The molecule has 0 saturated heterocycles. The Morgan fingerprint density at radius 1 is 1.50 bits per heavy atom. The van der Waals surface area contributed by atoms with E-state index in [0.29, 0.717) is 23.4 Å². The molecule has 0 fully saturated rings. The molecule has 6 nitrogen and oxygen atoms in total. The highest BCUT2D eigenvalue weighted by atomic mass is 16.5. The third-order valence-electron chi connectivity index (χ3n) is 2.86. The lowest BCUT2D eigenvalue weighted by Gasteiger charge is -2.24. The second-order valence-electron chi connectivity index (χ2n) is 3.99. The summed E-state index contributed by atoms with van der Waals surface area (Å²) < 4.78 is 10.0. The number of fused-ring (bicyclic) bond motifs is 1. The molecule has 1 heterocycles. The van der Waals surface area contributed by atoms with Crippen molar-refractivity contribution in [3.8, 4) is 0 Å². The Morgan fingerprint density at radius 2 is 2.28 bits per heavy atom. The number of nitrogens with two attached hydrogens (primary N) is 1. The van der Waals surface area contributed by atoms with E-state index in [0.717, 1.165) is 18.8 Å². The molecule has 0 aliphatic heterocycles. The number of benzene rings is 1. The van der Waals surface area contributed by atoms with Crippen LogP contribution in [0.4, 0.5) is 11.4 Å². The van der Waals surface area contributed by atoms with Gasteiger partial charge in [0, 0.05) is 26.3 Å². The minimum absolute atomic E-state index is 0.471. The van der Waals surface area contributed by atoms with Crippen LogP contribution in [-0.2, 0) is 4.74 Å². The number of ether oxygens (including phenoxy) is 1. The SMILES string of the molecule is CCN(CCOC)c1cc2[nH]c(=O)oc2cc1N. The van der Waals surface area contributed by atoms with Crippen LogP contribution in [0.25, 0.3) is 11.1 Å². The van der Waals surface area contributed by atoms with E-state index in [9.17, 15) is 4.79 Å². The van der Waals surface area contributed by atoms with Crippen molar-refractivity contribution in [1.82, 2.24) is 4.98 Å². The van der Waals surface area contributed by atoms with Crippen LogP contribution >= 0.6 is 0 Å². The van der Waals surface area contributed by atoms with Gasteiger partial charge in [0.15, 0.2) is 5.58 Å². The van der Waals surface area contributed by atoms with Crippen LogP contribution in [0.2, 0.25) is 0 Å². The van der Waals surface area contributed by atoms with E-state index in [1.54, 1.807) is 13.2 Å². The number of hydrogen-bond donors (Lipinski definition) is 2. The maximum atomic E-state index is 11.1. The zero-order chi connectivity index (χ0) is 13.1. The van der Waals surface area contributed by atoms with Crippen molar-refractivity contribution in [2.45, 2.75) is 6.92 Å². The zero-order valence-electron chi connectivity index (χ0n) is 10.5. The number of hydrogen-bond acceptors (Lipinski definition) is 5. The van der Waals surface area contributed by atoms with Gasteiger partial charge in [-0.1, -0.05) is 0 Å². The third-order valence-corrected chi connectivity index (χ3v) is 2.86. The van der Waals surface area contributed by atoms with Gasteiger partial charge >= 0.3 is 5.76 Å². The fraction of sp³-hybridized carbons (Fsp3) is 0.417. The normalized spacial score (nSPS) is 11.0. The number of methoxy groups -OCH3 is 1. The predicted molar refractivity (Wildman–Crippen MR) is 71.0 cm³/mol. The van der Waals surface area contributed by atoms with E-state index in [4.69, 9.17) is 14.9 Å². The van der Waals surface area contributed by atoms with Gasteiger partial charge in [-0.15, -0.1) is 0 Å². The average molecular weight is 251 g/mol. The molecular formula is C12H17N3O3. The molecule has 0 spiro atoms. The molecule has 1 aromatic carbocycles. The number of aromatic nitrogens is 1. The summed E-state index contributed by atoms with van der Waals surface area (Å²) in [6.45, 7) is 4.20. The molecule has 3 N–H and O–H groups in total. The summed E-state index contributed by atoms with van der Waals surface area (Å²) in [4.78, 5) is 15.8. The molecular weight excluding hydrogens is 234 g/mol. The molecule has 98 valence electrons. The number of H-pyrrole nitrogens is 1. The average Bonchev–Trinajstić information content (AvgIpc) is 2.69. The van der Waals surface area contributed by atoms with E-state index in [2.05, 4.69) is 9.88 Å². The van der Waals surface area contributed by atoms with Gasteiger partial charge in [0.2, 0.25) is 0 Å². The summed E-state index contributed by atoms with van der Waals surface area (Å²) >= 11 is 0. The Kier molecular flexibility index (Phi) is 3.57. The van der Waals surface area contributed by atoms with Crippen LogP contribution in [0, 0.1) is 0 Å². The summed E-state index contributed by atoms with van der Waals surface area (Å²) in [7, 11) is 1.66. The van der Waals surface area contributed by atoms with E-state index < -0.39 is 5.76 Å². The lowest BCUT2D eigenvalue weighted by Crippen LogP contribution is -2.27. The Balaban J connectivity index is 2.41. The zero-order valence-corrected chi connectivity index (χ0v) is 10.5. The second-order valence-corrected chi connectivity index (χ2v) is 3.99. The number of aromatic amines is 1. The van der Waals surface area contributed by atoms with Crippen LogP contribution in [-0.4, -0.2) is 31.8 Å². The van der Waals surface area contributed by atoms with Crippen molar-refractivity contribution in [3.05, 3.63) is 22.7 Å². The first-order chi connectivity index (χ1) is 8.65. The molecule has 0 aliphatic rings. The van der Waals surface area contributed by atoms with Crippen LogP contribution in [0.5, 0.6) is 0 Å². The largest absolute Gasteiger partial charge is 0.417 e. The maximum Gasteiger partial charge on any atom is 0.417 e. The standard InChI is InChI=1S/C12H17N3O3/c1-3-15(4-5-17-2)10-7-9-11(6-8(10)13)18-12(16)14-9/h6-7H,3-5,13H2,1-2H3,(H,14,16). The molecule has 0 unspecified atom stereocenters. The van der Waals surface area contributed by atoms with Crippen LogP contribution in [0.15, 0.2) is 21.3 Å². The molecule has 2 aromatic rings. The predicted octanol–water partition coefficient (Wildman–Crippen LogP) is 1.18. The lowest BCUT2D eigenvalue weighted by molar-refractivity contribution is 0.205. The third kappa shape index (κ3) is 2.33. The van der Waals surface area contributed by atoms with Gasteiger partial charge in [-0.25, -0.2) is 4.79 Å². The fourth-order valence-corrected chi connectivity index (χ4v) is 1.93. The molecule has 0 atom stereocenters. The quantitative estimate of drug-likeness (QED) is 0.779. The summed E-state index contributed by atoms with van der Waals surface area (Å²) in [6, 6.07) is 3.49. The fourth-order valence-electron chi connectivity index (χ4n) is 1.93. The van der Waals surface area contributed by atoms with Gasteiger partial charge in [0.1, 0.15) is 0 Å². The first-order valence-corrected chi connectivity index (χ1v) is 5.82. The lowest BCUT2D eigenvalue weighted by atomic mass is 10.2. The van der Waals surface area contributed by atoms with Crippen molar-refractivity contribution in [1.29, 1.82) is 0 Å². The van der Waals surface area contributed by atoms with Gasteiger partial charge in [-0.2, -0.15) is 0 Å². The van der Waals surface area contributed by atoms with Crippen LogP contribution < -0.4 is 16.4 Å². The Bertz CT molecular complexity index is 588. The number of nitrogens with one attached hydrogen (secondary N) is 1. The van der Waals surface area contributed by atoms with E-state index in [1.807, 2.05) is 13.0 Å². The van der Waals surface area contributed by atoms with Gasteiger partial charge in [0.25, 0.3) is 0 Å². The molecule has 0 bridgehead atoms.